The van der Waals surface area contributed by atoms with E-state index in [2.05, 4.69) is 16.7 Å². The second-order valence-electron chi connectivity index (χ2n) is 6.50. The number of amides is 2. The summed E-state index contributed by atoms with van der Waals surface area (Å²) < 4.78 is 2.16. The van der Waals surface area contributed by atoms with Gasteiger partial charge in [-0.15, -0.1) is 0 Å². The number of hydrogen-bond acceptors (Lipinski definition) is 2. The summed E-state index contributed by atoms with van der Waals surface area (Å²) in [5.74, 6) is -0.548. The number of rotatable bonds is 4. The molecule has 2 heterocycles. The SMILES string of the molecule is Cc1cc(C(=O)N2CC[C@@H](C(N)=O)C2)c(C)n1Cc1ccccc1. The lowest BCUT2D eigenvalue weighted by Crippen LogP contribution is -2.32. The van der Waals surface area contributed by atoms with Crippen LogP contribution in [0.25, 0.3) is 0 Å². The molecule has 5 heteroatoms. The Hall–Kier alpha value is -2.56. The Bertz CT molecular complexity index is 764. The van der Waals surface area contributed by atoms with E-state index in [4.69, 9.17) is 5.73 Å². The fourth-order valence-electron chi connectivity index (χ4n) is 3.37. The van der Waals surface area contributed by atoms with E-state index in [0.29, 0.717) is 25.1 Å². The lowest BCUT2D eigenvalue weighted by atomic mass is 10.1. The van der Waals surface area contributed by atoms with Gasteiger partial charge in [0.05, 0.1) is 11.5 Å². The molecule has 0 unspecified atom stereocenters. The van der Waals surface area contributed by atoms with E-state index in [-0.39, 0.29) is 17.7 Å². The first-order valence-corrected chi connectivity index (χ1v) is 8.26. The molecular weight excluding hydrogens is 302 g/mol. The lowest BCUT2D eigenvalue weighted by molar-refractivity contribution is -0.121. The van der Waals surface area contributed by atoms with Crippen LogP contribution in [0.5, 0.6) is 0 Å². The fraction of sp³-hybridized carbons (Fsp3) is 0.368. The number of primary amides is 1. The number of carbonyl (C=O) groups excluding carboxylic acids is 2. The number of benzene rings is 1. The number of likely N-dealkylation sites (tertiary alicyclic amines) is 1. The number of aromatic nitrogens is 1. The Kier molecular flexibility index (Phi) is 4.42. The molecule has 0 spiro atoms. The summed E-state index contributed by atoms with van der Waals surface area (Å²) in [7, 11) is 0. The van der Waals surface area contributed by atoms with Crippen LogP contribution in [0.3, 0.4) is 0 Å². The van der Waals surface area contributed by atoms with Gasteiger partial charge in [0.15, 0.2) is 0 Å². The summed E-state index contributed by atoms with van der Waals surface area (Å²) in [4.78, 5) is 25.9. The summed E-state index contributed by atoms with van der Waals surface area (Å²) in [5.41, 5.74) is 9.30. The van der Waals surface area contributed by atoms with Gasteiger partial charge in [-0.05, 0) is 31.9 Å². The number of aryl methyl sites for hydroxylation is 1. The van der Waals surface area contributed by atoms with E-state index in [1.165, 1.54) is 5.56 Å². The average Bonchev–Trinajstić information content (AvgIpc) is 3.16. The molecule has 2 N–H and O–H groups in total. The smallest absolute Gasteiger partial charge is 0.255 e. The first-order chi connectivity index (χ1) is 11.5. The second kappa shape index (κ2) is 6.51. The van der Waals surface area contributed by atoms with Crippen molar-refractivity contribution in [2.45, 2.75) is 26.8 Å². The van der Waals surface area contributed by atoms with Crippen molar-refractivity contribution >= 4 is 11.8 Å². The Morgan fingerprint density at radius 1 is 1.21 bits per heavy atom. The van der Waals surface area contributed by atoms with Crippen molar-refractivity contribution in [3.05, 3.63) is 58.9 Å². The van der Waals surface area contributed by atoms with Crippen molar-refractivity contribution in [2.75, 3.05) is 13.1 Å². The predicted molar refractivity (Wildman–Crippen MR) is 92.7 cm³/mol. The van der Waals surface area contributed by atoms with Crippen LogP contribution in [0.15, 0.2) is 36.4 Å². The predicted octanol–water partition coefficient (Wildman–Crippen LogP) is 2.10. The Morgan fingerprint density at radius 3 is 2.54 bits per heavy atom. The van der Waals surface area contributed by atoms with Gasteiger partial charge in [0.2, 0.25) is 5.91 Å². The van der Waals surface area contributed by atoms with E-state index in [1.54, 1.807) is 4.90 Å². The number of hydrogen-bond donors (Lipinski definition) is 1. The van der Waals surface area contributed by atoms with E-state index in [1.807, 2.05) is 38.1 Å². The molecule has 1 saturated heterocycles. The third-order valence-corrected chi connectivity index (χ3v) is 4.87. The molecule has 126 valence electrons. The highest BCUT2D eigenvalue weighted by Crippen LogP contribution is 2.23. The molecule has 2 amide bonds. The van der Waals surface area contributed by atoms with Crippen LogP contribution in [0.2, 0.25) is 0 Å². The van der Waals surface area contributed by atoms with Crippen LogP contribution in [0, 0.1) is 19.8 Å². The second-order valence-corrected chi connectivity index (χ2v) is 6.50. The third-order valence-electron chi connectivity index (χ3n) is 4.87. The third kappa shape index (κ3) is 3.07. The molecule has 5 nitrogen and oxygen atoms in total. The van der Waals surface area contributed by atoms with Crippen LogP contribution in [-0.4, -0.2) is 34.4 Å². The number of nitrogens with zero attached hydrogens (tertiary/aromatic N) is 2. The maximum absolute atomic E-state index is 12.8. The van der Waals surface area contributed by atoms with Gasteiger partial charge in [-0.25, -0.2) is 0 Å². The van der Waals surface area contributed by atoms with Crippen LogP contribution in [0.4, 0.5) is 0 Å². The minimum absolute atomic E-state index is 0.00818. The zero-order valence-corrected chi connectivity index (χ0v) is 14.2. The maximum atomic E-state index is 12.8. The monoisotopic (exact) mass is 325 g/mol. The highest BCUT2D eigenvalue weighted by molar-refractivity contribution is 5.96. The lowest BCUT2D eigenvalue weighted by Gasteiger charge is -2.16. The van der Waals surface area contributed by atoms with Gasteiger partial charge < -0.3 is 15.2 Å². The average molecular weight is 325 g/mol. The molecule has 24 heavy (non-hydrogen) atoms. The van der Waals surface area contributed by atoms with E-state index >= 15 is 0 Å². The summed E-state index contributed by atoms with van der Waals surface area (Å²) in [5, 5.41) is 0. The quantitative estimate of drug-likeness (QED) is 0.935. The summed E-state index contributed by atoms with van der Waals surface area (Å²) in [6.45, 7) is 5.76. The molecular formula is C19H23N3O2. The van der Waals surface area contributed by atoms with Crippen molar-refractivity contribution in [2.24, 2.45) is 11.7 Å². The zero-order valence-electron chi connectivity index (χ0n) is 14.2. The molecule has 2 aromatic rings. The van der Waals surface area contributed by atoms with Gasteiger partial charge in [0.1, 0.15) is 0 Å². The van der Waals surface area contributed by atoms with Gasteiger partial charge in [-0.1, -0.05) is 30.3 Å². The zero-order chi connectivity index (χ0) is 17.3. The molecule has 1 atom stereocenters. The van der Waals surface area contributed by atoms with Crippen LogP contribution in [0.1, 0.15) is 33.7 Å². The van der Waals surface area contributed by atoms with Crippen molar-refractivity contribution in [1.29, 1.82) is 0 Å². The van der Waals surface area contributed by atoms with E-state index < -0.39 is 0 Å². The molecule has 0 radical (unpaired) electrons. The first kappa shape index (κ1) is 16.3. The fourth-order valence-corrected chi connectivity index (χ4v) is 3.37. The van der Waals surface area contributed by atoms with Crippen LogP contribution >= 0.6 is 0 Å². The number of carbonyl (C=O) groups is 2. The van der Waals surface area contributed by atoms with Gasteiger partial charge in [-0.3, -0.25) is 9.59 Å². The molecule has 0 saturated carbocycles. The summed E-state index contributed by atoms with van der Waals surface area (Å²) >= 11 is 0. The molecule has 1 fully saturated rings. The summed E-state index contributed by atoms with van der Waals surface area (Å²) in [6, 6.07) is 12.1. The van der Waals surface area contributed by atoms with Crippen molar-refractivity contribution < 1.29 is 9.59 Å². The van der Waals surface area contributed by atoms with E-state index in [9.17, 15) is 9.59 Å². The molecule has 0 bridgehead atoms. The highest BCUT2D eigenvalue weighted by Gasteiger charge is 2.31. The van der Waals surface area contributed by atoms with Crippen molar-refractivity contribution in [3.63, 3.8) is 0 Å². The van der Waals surface area contributed by atoms with Gasteiger partial charge in [-0.2, -0.15) is 0 Å². The molecule has 3 rings (SSSR count). The van der Waals surface area contributed by atoms with Crippen LogP contribution in [-0.2, 0) is 11.3 Å². The Labute approximate surface area is 142 Å². The normalized spacial score (nSPS) is 17.2. The van der Waals surface area contributed by atoms with Crippen molar-refractivity contribution in [3.8, 4) is 0 Å². The largest absolute Gasteiger partial charge is 0.369 e. The molecule has 1 aromatic heterocycles. The van der Waals surface area contributed by atoms with E-state index in [0.717, 1.165) is 17.9 Å². The van der Waals surface area contributed by atoms with Gasteiger partial charge >= 0.3 is 0 Å². The minimum atomic E-state index is -0.320. The molecule has 1 aromatic carbocycles. The molecule has 0 aliphatic carbocycles. The van der Waals surface area contributed by atoms with Crippen molar-refractivity contribution in [1.82, 2.24) is 9.47 Å². The molecule has 1 aliphatic heterocycles. The Morgan fingerprint density at radius 2 is 1.92 bits per heavy atom. The summed E-state index contributed by atoms with van der Waals surface area (Å²) in [6.07, 6.45) is 0.657. The van der Waals surface area contributed by atoms with Gasteiger partial charge in [0, 0.05) is 31.0 Å². The first-order valence-electron chi connectivity index (χ1n) is 8.26. The highest BCUT2D eigenvalue weighted by atomic mass is 16.2. The van der Waals surface area contributed by atoms with Gasteiger partial charge in [0.25, 0.3) is 5.91 Å². The van der Waals surface area contributed by atoms with Crippen LogP contribution < -0.4 is 5.73 Å². The number of nitrogens with two attached hydrogens (primary N) is 1. The molecule has 1 aliphatic rings. The topological polar surface area (TPSA) is 68.3 Å². The Balaban J connectivity index is 1.81. The standard InChI is InChI=1S/C19H23N3O2/c1-13-10-17(19(24)21-9-8-16(12-21)18(20)23)14(2)22(13)11-15-6-4-3-5-7-15/h3-7,10,16H,8-9,11-12H2,1-2H3,(H2,20,23)/t16-/m1/s1. The maximum Gasteiger partial charge on any atom is 0.255 e. The minimum Gasteiger partial charge on any atom is -0.369 e.